The number of aliphatic hydroxyl groups is 1. The molecule has 18 heavy (non-hydrogen) atoms. The van der Waals surface area contributed by atoms with Gasteiger partial charge in [-0.1, -0.05) is 30.0 Å². The number of benzene rings is 1. The van der Waals surface area contributed by atoms with Crippen LogP contribution >= 0.6 is 0 Å². The van der Waals surface area contributed by atoms with Crippen LogP contribution < -0.4 is 5.73 Å². The van der Waals surface area contributed by atoms with Gasteiger partial charge in [0.2, 0.25) is 0 Å². The van der Waals surface area contributed by atoms with Gasteiger partial charge in [0.05, 0.1) is 5.52 Å². The minimum absolute atomic E-state index is 0.202. The Kier molecular flexibility index (Phi) is 3.31. The summed E-state index contributed by atoms with van der Waals surface area (Å²) >= 11 is 0. The van der Waals surface area contributed by atoms with E-state index in [1.54, 1.807) is 10.7 Å². The van der Waals surface area contributed by atoms with Crippen LogP contribution in [0.1, 0.15) is 23.5 Å². The number of nitrogens with two attached hydrogens (primary N) is 1. The highest BCUT2D eigenvalue weighted by Crippen LogP contribution is 2.21. The number of hydrogen-bond acceptors (Lipinski definition) is 3. The van der Waals surface area contributed by atoms with Gasteiger partial charge in [0.1, 0.15) is 12.6 Å². The summed E-state index contributed by atoms with van der Waals surface area (Å²) in [5.41, 5.74) is 6.34. The van der Waals surface area contributed by atoms with Crippen molar-refractivity contribution in [1.29, 1.82) is 0 Å². The molecule has 0 spiro atoms. The van der Waals surface area contributed by atoms with Crippen molar-refractivity contribution in [2.45, 2.75) is 13.0 Å². The topological polar surface area (TPSA) is 81.1 Å². The number of fused-ring (bicyclic) bond motifs is 1. The van der Waals surface area contributed by atoms with Crippen molar-refractivity contribution in [1.82, 2.24) is 9.78 Å². The van der Waals surface area contributed by atoms with Gasteiger partial charge in [-0.05, 0) is 13.0 Å². The van der Waals surface area contributed by atoms with Crippen LogP contribution in [0.5, 0.6) is 0 Å². The Hall–Kier alpha value is -2.32. The number of para-hydroxylation sites is 1. The molecule has 0 aliphatic carbocycles. The van der Waals surface area contributed by atoms with Crippen LogP contribution in [0.25, 0.3) is 10.9 Å². The molecule has 0 fully saturated rings. The molecule has 5 heteroatoms. The molecule has 1 atom stereocenters. The first kappa shape index (κ1) is 12.1. The van der Waals surface area contributed by atoms with Crippen molar-refractivity contribution in [3.8, 4) is 11.8 Å². The van der Waals surface area contributed by atoms with Crippen LogP contribution in [0.15, 0.2) is 24.3 Å². The van der Waals surface area contributed by atoms with E-state index in [0.717, 1.165) is 5.52 Å². The smallest absolute Gasteiger partial charge is 0.269 e. The van der Waals surface area contributed by atoms with E-state index in [2.05, 4.69) is 16.9 Å². The van der Waals surface area contributed by atoms with Gasteiger partial charge in [-0.15, -0.1) is 0 Å². The molecule has 1 heterocycles. The van der Waals surface area contributed by atoms with Crippen molar-refractivity contribution in [2.24, 2.45) is 5.73 Å². The predicted octanol–water partition coefficient (Wildman–Crippen LogP) is 0.692. The average molecular weight is 243 g/mol. The number of aromatic nitrogens is 2. The molecular formula is C13H13N3O2. The van der Waals surface area contributed by atoms with Gasteiger partial charge in [-0.2, -0.15) is 5.10 Å². The Morgan fingerprint density at radius 2 is 2.28 bits per heavy atom. The van der Waals surface area contributed by atoms with Crippen molar-refractivity contribution >= 4 is 16.8 Å². The summed E-state index contributed by atoms with van der Waals surface area (Å²) in [7, 11) is 0. The van der Waals surface area contributed by atoms with Crippen molar-refractivity contribution in [2.75, 3.05) is 6.61 Å². The zero-order valence-electron chi connectivity index (χ0n) is 9.92. The van der Waals surface area contributed by atoms with Crippen molar-refractivity contribution in [3.05, 3.63) is 30.0 Å². The molecule has 1 aromatic heterocycles. The van der Waals surface area contributed by atoms with Crippen LogP contribution in [0, 0.1) is 11.8 Å². The fraction of sp³-hybridized carbons (Fsp3) is 0.231. The lowest BCUT2D eigenvalue weighted by Gasteiger charge is -2.05. The van der Waals surface area contributed by atoms with Gasteiger partial charge in [0.25, 0.3) is 5.91 Å². The quantitative estimate of drug-likeness (QED) is 0.761. The molecule has 1 aromatic carbocycles. The van der Waals surface area contributed by atoms with Crippen LogP contribution in [0.4, 0.5) is 0 Å². The lowest BCUT2D eigenvalue weighted by molar-refractivity contribution is 0.0996. The highest BCUT2D eigenvalue weighted by Gasteiger charge is 2.16. The van der Waals surface area contributed by atoms with Crippen LogP contribution in [0.2, 0.25) is 0 Å². The summed E-state index contributed by atoms with van der Waals surface area (Å²) in [6.07, 6.45) is 0. The zero-order valence-corrected chi connectivity index (χ0v) is 9.92. The molecule has 92 valence electrons. The summed E-state index contributed by atoms with van der Waals surface area (Å²) in [5, 5.41) is 13.6. The number of primary amides is 1. The second kappa shape index (κ2) is 4.90. The lowest BCUT2D eigenvalue weighted by Crippen LogP contribution is -2.13. The van der Waals surface area contributed by atoms with Crippen molar-refractivity contribution in [3.63, 3.8) is 0 Å². The second-order valence-electron chi connectivity index (χ2n) is 3.83. The molecule has 0 bridgehead atoms. The maximum atomic E-state index is 11.3. The van der Waals surface area contributed by atoms with E-state index < -0.39 is 5.91 Å². The molecule has 1 unspecified atom stereocenters. The van der Waals surface area contributed by atoms with Crippen LogP contribution in [0.3, 0.4) is 0 Å². The summed E-state index contributed by atoms with van der Waals surface area (Å²) in [5.74, 6) is 4.86. The molecule has 0 aliphatic heterocycles. The Bertz CT molecular complexity index is 649. The van der Waals surface area contributed by atoms with Gasteiger partial charge in [-0.3, -0.25) is 4.79 Å². The minimum atomic E-state index is -0.563. The molecule has 2 rings (SSSR count). The van der Waals surface area contributed by atoms with E-state index in [9.17, 15) is 4.79 Å². The molecule has 1 amide bonds. The molecule has 5 nitrogen and oxygen atoms in total. The third-order valence-electron chi connectivity index (χ3n) is 2.60. The number of carbonyl (C=O) groups is 1. The molecule has 2 aromatic rings. The fourth-order valence-electron chi connectivity index (χ4n) is 1.82. The summed E-state index contributed by atoms with van der Waals surface area (Å²) in [6, 6.07) is 7.09. The SMILES string of the molecule is CC(C#CCO)n1nc(C(N)=O)c2ccccc21. The maximum Gasteiger partial charge on any atom is 0.269 e. The predicted molar refractivity (Wildman–Crippen MR) is 67.8 cm³/mol. The van der Waals surface area contributed by atoms with Gasteiger partial charge in [0.15, 0.2) is 5.69 Å². The number of nitrogens with zero attached hydrogens (tertiary/aromatic N) is 2. The largest absolute Gasteiger partial charge is 0.384 e. The van der Waals surface area contributed by atoms with E-state index in [4.69, 9.17) is 10.8 Å². The second-order valence-corrected chi connectivity index (χ2v) is 3.83. The van der Waals surface area contributed by atoms with E-state index in [-0.39, 0.29) is 18.3 Å². The zero-order chi connectivity index (χ0) is 13.1. The highest BCUT2D eigenvalue weighted by molar-refractivity contribution is 6.04. The summed E-state index contributed by atoms with van der Waals surface area (Å²) in [6.45, 7) is 1.64. The number of hydrogen-bond donors (Lipinski definition) is 2. The number of rotatable bonds is 2. The highest BCUT2D eigenvalue weighted by atomic mass is 16.2. The first-order chi connectivity index (χ1) is 8.65. The van der Waals surface area contributed by atoms with Gasteiger partial charge < -0.3 is 10.8 Å². The van der Waals surface area contributed by atoms with E-state index in [1.807, 2.05) is 25.1 Å². The van der Waals surface area contributed by atoms with Crippen LogP contribution in [-0.4, -0.2) is 27.4 Å². The Labute approximate surface area is 104 Å². The van der Waals surface area contributed by atoms with E-state index in [0.29, 0.717) is 5.39 Å². The number of carbonyl (C=O) groups excluding carboxylic acids is 1. The average Bonchev–Trinajstić information content (AvgIpc) is 2.75. The Morgan fingerprint density at radius 3 is 2.94 bits per heavy atom. The molecule has 0 saturated carbocycles. The maximum absolute atomic E-state index is 11.3. The third kappa shape index (κ3) is 2.06. The standard InChI is InChI=1S/C13H13N3O2/c1-9(5-4-8-17)16-11-7-3-2-6-10(11)12(15-16)13(14)18/h2-3,6-7,9,17H,8H2,1H3,(H2,14,18). The van der Waals surface area contributed by atoms with E-state index in [1.165, 1.54) is 0 Å². The molecule has 0 saturated heterocycles. The molecule has 0 radical (unpaired) electrons. The van der Waals surface area contributed by atoms with E-state index >= 15 is 0 Å². The fourth-order valence-corrected chi connectivity index (χ4v) is 1.82. The third-order valence-corrected chi connectivity index (χ3v) is 2.60. The first-order valence-electron chi connectivity index (χ1n) is 5.51. The minimum Gasteiger partial charge on any atom is -0.384 e. The number of aliphatic hydroxyl groups excluding tert-OH is 1. The molecule has 3 N–H and O–H groups in total. The van der Waals surface area contributed by atoms with Gasteiger partial charge in [-0.25, -0.2) is 4.68 Å². The van der Waals surface area contributed by atoms with Crippen LogP contribution in [-0.2, 0) is 0 Å². The lowest BCUT2D eigenvalue weighted by atomic mass is 10.2. The van der Waals surface area contributed by atoms with Gasteiger partial charge in [0, 0.05) is 5.39 Å². The van der Waals surface area contributed by atoms with Crippen molar-refractivity contribution < 1.29 is 9.90 Å². The normalized spacial score (nSPS) is 11.9. The summed E-state index contributed by atoms with van der Waals surface area (Å²) in [4.78, 5) is 11.3. The Morgan fingerprint density at radius 1 is 1.56 bits per heavy atom. The monoisotopic (exact) mass is 243 g/mol. The molecular weight excluding hydrogens is 230 g/mol. The molecule has 0 aliphatic rings. The first-order valence-corrected chi connectivity index (χ1v) is 5.51. The number of amides is 1. The summed E-state index contributed by atoms with van der Waals surface area (Å²) < 4.78 is 1.64. The Balaban J connectivity index is 2.61. The van der Waals surface area contributed by atoms with Gasteiger partial charge >= 0.3 is 0 Å².